The van der Waals surface area contributed by atoms with E-state index in [0.29, 0.717) is 5.91 Å². The van der Waals surface area contributed by atoms with Gasteiger partial charge in [-0.15, -0.1) is 11.3 Å². The molecular formula is C24H34N4OS. The Labute approximate surface area is 184 Å². The van der Waals surface area contributed by atoms with Crippen LogP contribution in [0.1, 0.15) is 50.3 Å². The van der Waals surface area contributed by atoms with Crippen LogP contribution in [0.15, 0.2) is 35.7 Å². The van der Waals surface area contributed by atoms with Crippen LogP contribution >= 0.6 is 11.3 Å². The molecule has 0 saturated carbocycles. The highest BCUT2D eigenvalue weighted by molar-refractivity contribution is 7.13. The number of unbranched alkanes of at least 4 members (excludes halogenated alkanes) is 1. The van der Waals surface area contributed by atoms with Crippen LogP contribution in [0.3, 0.4) is 0 Å². The van der Waals surface area contributed by atoms with E-state index in [1.807, 2.05) is 0 Å². The molecule has 1 N–H and O–H groups in total. The number of hydrogen-bond acceptors (Lipinski definition) is 5. The lowest BCUT2D eigenvalue weighted by atomic mass is 9.70. The molecule has 1 unspecified atom stereocenters. The zero-order chi connectivity index (χ0) is 21.0. The fourth-order valence-electron chi connectivity index (χ4n) is 4.90. The van der Waals surface area contributed by atoms with Gasteiger partial charge in [0.25, 0.3) is 0 Å². The standard InChI is InChI=1S/C24H34N4OS/c1-3-4-13-25-23-26-21(18-30-23)24(20-8-6-5-7-9-20)11-15-28(16-12-24)22(29)19-10-14-27(2)17-19/h5-9,18-19H,3-4,10-17H2,1-2H3,(H,25,26). The lowest BCUT2D eigenvalue weighted by Crippen LogP contribution is -2.48. The third-order valence-electron chi connectivity index (χ3n) is 6.80. The molecule has 6 heteroatoms. The number of likely N-dealkylation sites (tertiary alicyclic amines) is 2. The van der Waals surface area contributed by atoms with E-state index in [1.165, 1.54) is 12.0 Å². The fraction of sp³-hybridized carbons (Fsp3) is 0.583. The Morgan fingerprint density at radius 1 is 1.23 bits per heavy atom. The second-order valence-electron chi connectivity index (χ2n) is 8.84. The number of aromatic nitrogens is 1. The summed E-state index contributed by atoms with van der Waals surface area (Å²) in [6.45, 7) is 6.73. The molecule has 2 aliphatic heterocycles. The molecule has 2 aromatic rings. The minimum absolute atomic E-state index is 0.105. The van der Waals surface area contributed by atoms with E-state index in [1.54, 1.807) is 11.3 Å². The fourth-order valence-corrected chi connectivity index (χ4v) is 5.74. The van der Waals surface area contributed by atoms with Gasteiger partial charge in [-0.1, -0.05) is 43.7 Å². The van der Waals surface area contributed by atoms with Crippen LogP contribution in [0.5, 0.6) is 0 Å². The first-order valence-corrected chi connectivity index (χ1v) is 12.2. The van der Waals surface area contributed by atoms with Crippen LogP contribution in [0.25, 0.3) is 0 Å². The van der Waals surface area contributed by atoms with Gasteiger partial charge in [0, 0.05) is 37.0 Å². The molecule has 2 fully saturated rings. The molecule has 1 aromatic heterocycles. The third-order valence-corrected chi connectivity index (χ3v) is 7.60. The van der Waals surface area contributed by atoms with E-state index in [9.17, 15) is 4.79 Å². The van der Waals surface area contributed by atoms with Crippen molar-refractivity contribution in [2.45, 2.75) is 44.4 Å². The number of carbonyl (C=O) groups excluding carboxylic acids is 1. The number of thiazole rings is 1. The van der Waals surface area contributed by atoms with Gasteiger partial charge in [-0.05, 0) is 44.8 Å². The summed E-state index contributed by atoms with van der Waals surface area (Å²) in [5.74, 6) is 0.522. The zero-order valence-electron chi connectivity index (χ0n) is 18.3. The summed E-state index contributed by atoms with van der Waals surface area (Å²) in [7, 11) is 2.11. The lowest BCUT2D eigenvalue weighted by molar-refractivity contribution is -0.136. The number of nitrogens with one attached hydrogen (secondary N) is 1. The molecule has 5 nitrogen and oxygen atoms in total. The number of hydrogen-bond donors (Lipinski definition) is 1. The van der Waals surface area contributed by atoms with Crippen LogP contribution in [-0.2, 0) is 10.2 Å². The maximum absolute atomic E-state index is 13.1. The number of benzene rings is 1. The minimum Gasteiger partial charge on any atom is -0.362 e. The van der Waals surface area contributed by atoms with Gasteiger partial charge in [0.1, 0.15) is 0 Å². The molecule has 2 saturated heterocycles. The number of nitrogens with zero attached hydrogens (tertiary/aromatic N) is 3. The highest BCUT2D eigenvalue weighted by Gasteiger charge is 2.42. The molecule has 4 rings (SSSR count). The Morgan fingerprint density at radius 2 is 2.00 bits per heavy atom. The molecule has 0 spiro atoms. The van der Waals surface area contributed by atoms with Gasteiger partial charge in [0.2, 0.25) is 5.91 Å². The first-order valence-electron chi connectivity index (χ1n) is 11.3. The molecule has 2 aliphatic rings. The predicted octanol–water partition coefficient (Wildman–Crippen LogP) is 4.22. The van der Waals surface area contributed by atoms with Crippen molar-refractivity contribution in [3.63, 3.8) is 0 Å². The van der Waals surface area contributed by atoms with Gasteiger partial charge in [0.05, 0.1) is 11.6 Å². The quantitative estimate of drug-likeness (QED) is 0.674. The Morgan fingerprint density at radius 3 is 2.67 bits per heavy atom. The normalized spacial score (nSPS) is 21.7. The van der Waals surface area contributed by atoms with Crippen molar-refractivity contribution in [1.82, 2.24) is 14.8 Å². The molecule has 162 valence electrons. The van der Waals surface area contributed by atoms with Crippen molar-refractivity contribution >= 4 is 22.4 Å². The van der Waals surface area contributed by atoms with E-state index >= 15 is 0 Å². The second kappa shape index (κ2) is 9.48. The average Bonchev–Trinajstić information content (AvgIpc) is 3.44. The van der Waals surface area contributed by atoms with Gasteiger partial charge in [-0.3, -0.25) is 4.79 Å². The number of piperidine rings is 1. The highest BCUT2D eigenvalue weighted by Crippen LogP contribution is 2.43. The summed E-state index contributed by atoms with van der Waals surface area (Å²) < 4.78 is 0. The minimum atomic E-state index is -0.105. The molecule has 0 bridgehead atoms. The van der Waals surface area contributed by atoms with Crippen molar-refractivity contribution in [2.75, 3.05) is 45.1 Å². The molecule has 3 heterocycles. The van der Waals surface area contributed by atoms with E-state index in [0.717, 1.165) is 69.2 Å². The van der Waals surface area contributed by atoms with Crippen molar-refractivity contribution in [3.8, 4) is 0 Å². The van der Waals surface area contributed by atoms with E-state index in [-0.39, 0.29) is 11.3 Å². The Hall–Kier alpha value is -1.92. The highest BCUT2D eigenvalue weighted by atomic mass is 32.1. The third kappa shape index (κ3) is 4.40. The van der Waals surface area contributed by atoms with Gasteiger partial charge in [-0.2, -0.15) is 0 Å². The molecular weight excluding hydrogens is 392 g/mol. The SMILES string of the molecule is CCCCNc1nc(C2(c3ccccc3)CCN(C(=O)C3CCN(C)C3)CC2)cs1. The summed E-state index contributed by atoms with van der Waals surface area (Å²) in [5, 5.41) is 6.72. The summed E-state index contributed by atoms with van der Waals surface area (Å²) in [4.78, 5) is 22.4. The first kappa shape index (κ1) is 21.3. The number of rotatable bonds is 7. The van der Waals surface area contributed by atoms with Gasteiger partial charge < -0.3 is 15.1 Å². The Kier molecular flexibility index (Phi) is 6.74. The van der Waals surface area contributed by atoms with Gasteiger partial charge in [0.15, 0.2) is 5.13 Å². The Bertz CT molecular complexity index is 829. The summed E-state index contributed by atoms with van der Waals surface area (Å²) in [5.41, 5.74) is 2.37. The average molecular weight is 427 g/mol. The summed E-state index contributed by atoms with van der Waals surface area (Å²) in [6, 6.07) is 10.8. The molecule has 0 radical (unpaired) electrons. The lowest BCUT2D eigenvalue weighted by Gasteiger charge is -2.42. The predicted molar refractivity (Wildman–Crippen MR) is 124 cm³/mol. The number of carbonyl (C=O) groups is 1. The smallest absolute Gasteiger partial charge is 0.227 e. The number of anilines is 1. The van der Waals surface area contributed by atoms with Crippen molar-refractivity contribution in [2.24, 2.45) is 5.92 Å². The topological polar surface area (TPSA) is 48.5 Å². The summed E-state index contributed by atoms with van der Waals surface area (Å²) in [6.07, 6.45) is 5.20. The molecule has 0 aliphatic carbocycles. The molecule has 1 amide bonds. The van der Waals surface area contributed by atoms with Gasteiger partial charge in [-0.25, -0.2) is 4.98 Å². The maximum Gasteiger partial charge on any atom is 0.227 e. The number of amides is 1. The van der Waals surface area contributed by atoms with Crippen LogP contribution < -0.4 is 5.32 Å². The van der Waals surface area contributed by atoms with E-state index in [2.05, 4.69) is 64.8 Å². The summed E-state index contributed by atoms with van der Waals surface area (Å²) >= 11 is 1.71. The van der Waals surface area contributed by atoms with E-state index < -0.39 is 0 Å². The monoisotopic (exact) mass is 426 g/mol. The van der Waals surface area contributed by atoms with E-state index in [4.69, 9.17) is 4.98 Å². The largest absolute Gasteiger partial charge is 0.362 e. The van der Waals surface area contributed by atoms with Crippen LogP contribution in [0, 0.1) is 5.92 Å². The maximum atomic E-state index is 13.1. The molecule has 1 aromatic carbocycles. The zero-order valence-corrected chi connectivity index (χ0v) is 19.1. The van der Waals surface area contributed by atoms with Crippen molar-refractivity contribution < 1.29 is 4.79 Å². The van der Waals surface area contributed by atoms with Crippen molar-refractivity contribution in [3.05, 3.63) is 47.0 Å². The Balaban J connectivity index is 1.52. The molecule has 1 atom stereocenters. The second-order valence-corrected chi connectivity index (χ2v) is 9.70. The van der Waals surface area contributed by atoms with Crippen LogP contribution in [0.2, 0.25) is 0 Å². The van der Waals surface area contributed by atoms with Crippen molar-refractivity contribution in [1.29, 1.82) is 0 Å². The molecule has 30 heavy (non-hydrogen) atoms. The van der Waals surface area contributed by atoms with Gasteiger partial charge >= 0.3 is 0 Å². The van der Waals surface area contributed by atoms with Crippen LogP contribution in [-0.4, -0.2) is 60.5 Å². The first-order chi connectivity index (χ1) is 14.6. The van der Waals surface area contributed by atoms with Crippen LogP contribution in [0.4, 0.5) is 5.13 Å².